The zero-order valence-corrected chi connectivity index (χ0v) is 12.6. The first-order valence-electron chi connectivity index (χ1n) is 5.97. The van der Waals surface area contributed by atoms with Gasteiger partial charge < -0.3 is 0 Å². The maximum Gasteiger partial charge on any atom is 0.271 e. The molecule has 6 heteroatoms. The van der Waals surface area contributed by atoms with Gasteiger partial charge in [0, 0.05) is 10.6 Å². The summed E-state index contributed by atoms with van der Waals surface area (Å²) in [4.78, 5) is 1.27. The summed E-state index contributed by atoms with van der Waals surface area (Å²) in [7, 11) is -3.43. The number of hydrogen-bond donors (Lipinski definition) is 1. The first-order chi connectivity index (χ1) is 9.15. The average molecular weight is 311 g/mol. The molecule has 0 unspecified atom stereocenters. The Labute approximate surface area is 121 Å². The number of anilines is 1. The van der Waals surface area contributed by atoms with Crippen LogP contribution in [0.2, 0.25) is 0 Å². The Balaban J connectivity index is 1.88. The van der Waals surface area contributed by atoms with Crippen LogP contribution in [0.1, 0.15) is 12.0 Å². The van der Waals surface area contributed by atoms with Crippen LogP contribution in [0.4, 0.5) is 5.69 Å². The molecular weight excluding hydrogens is 298 g/mol. The number of benzene rings is 1. The molecule has 0 amide bonds. The minimum atomic E-state index is -3.43. The van der Waals surface area contributed by atoms with Crippen LogP contribution in [0.3, 0.4) is 0 Å². The molecule has 0 aliphatic carbocycles. The topological polar surface area (TPSA) is 46.2 Å². The van der Waals surface area contributed by atoms with Crippen molar-refractivity contribution in [1.82, 2.24) is 0 Å². The molecule has 3 rings (SSSR count). The van der Waals surface area contributed by atoms with Crippen molar-refractivity contribution in [2.75, 3.05) is 10.5 Å². The lowest BCUT2D eigenvalue weighted by molar-refractivity contribution is 0.603. The van der Waals surface area contributed by atoms with E-state index in [1.807, 2.05) is 30.0 Å². The number of rotatable bonds is 3. The minimum Gasteiger partial charge on any atom is -0.279 e. The maximum atomic E-state index is 12.1. The summed E-state index contributed by atoms with van der Waals surface area (Å²) in [6, 6.07) is 9.14. The third kappa shape index (κ3) is 2.80. The molecule has 0 radical (unpaired) electrons. The zero-order valence-electron chi connectivity index (χ0n) is 10.1. The first kappa shape index (κ1) is 13.0. The number of aryl methyl sites for hydroxylation is 1. The summed E-state index contributed by atoms with van der Waals surface area (Å²) >= 11 is 3.06. The largest absolute Gasteiger partial charge is 0.279 e. The van der Waals surface area contributed by atoms with Gasteiger partial charge in [-0.25, -0.2) is 8.42 Å². The van der Waals surface area contributed by atoms with E-state index < -0.39 is 10.0 Å². The highest BCUT2D eigenvalue weighted by molar-refractivity contribution is 7.99. The Hall–Kier alpha value is -0.980. The molecule has 2 heterocycles. The van der Waals surface area contributed by atoms with Crippen molar-refractivity contribution in [3.05, 3.63) is 41.3 Å². The molecule has 0 bridgehead atoms. The molecule has 0 spiro atoms. The van der Waals surface area contributed by atoms with Crippen molar-refractivity contribution in [1.29, 1.82) is 0 Å². The monoisotopic (exact) mass is 311 g/mol. The number of nitrogens with one attached hydrogen (secondary N) is 1. The number of sulfonamides is 1. The van der Waals surface area contributed by atoms with Crippen molar-refractivity contribution >= 4 is 38.8 Å². The predicted molar refractivity (Wildman–Crippen MR) is 80.6 cm³/mol. The van der Waals surface area contributed by atoms with Crippen molar-refractivity contribution in [2.45, 2.75) is 21.9 Å². The van der Waals surface area contributed by atoms with E-state index in [4.69, 9.17) is 0 Å². The molecule has 19 heavy (non-hydrogen) atoms. The van der Waals surface area contributed by atoms with Crippen LogP contribution < -0.4 is 4.72 Å². The SMILES string of the molecule is O=S(=O)(Nc1ccc2c(c1)CCCS2)c1cccs1. The Kier molecular flexibility index (Phi) is 3.56. The van der Waals surface area contributed by atoms with Crippen molar-refractivity contribution in [3.63, 3.8) is 0 Å². The van der Waals surface area contributed by atoms with Crippen molar-refractivity contribution < 1.29 is 8.42 Å². The lowest BCUT2D eigenvalue weighted by Crippen LogP contribution is -2.12. The third-order valence-corrected chi connectivity index (χ3v) is 6.90. The van der Waals surface area contributed by atoms with Gasteiger partial charge in [0.25, 0.3) is 10.0 Å². The highest BCUT2D eigenvalue weighted by Gasteiger charge is 2.16. The van der Waals surface area contributed by atoms with Crippen molar-refractivity contribution in [2.24, 2.45) is 0 Å². The van der Waals surface area contributed by atoms with Crippen LogP contribution in [0.5, 0.6) is 0 Å². The van der Waals surface area contributed by atoms with E-state index in [1.54, 1.807) is 17.5 Å². The number of thiophene rings is 1. The summed E-state index contributed by atoms with van der Waals surface area (Å²) in [5, 5.41) is 1.76. The van der Waals surface area contributed by atoms with Crippen LogP contribution in [-0.4, -0.2) is 14.2 Å². The summed E-state index contributed by atoms with van der Waals surface area (Å²) in [5.41, 5.74) is 1.89. The van der Waals surface area contributed by atoms with Gasteiger partial charge in [-0.15, -0.1) is 23.1 Å². The Morgan fingerprint density at radius 1 is 1.21 bits per heavy atom. The van der Waals surface area contributed by atoms with Crippen LogP contribution in [0.15, 0.2) is 44.8 Å². The number of hydrogen-bond acceptors (Lipinski definition) is 4. The highest BCUT2D eigenvalue weighted by Crippen LogP contribution is 2.32. The molecule has 1 aliphatic rings. The molecule has 1 N–H and O–H groups in total. The van der Waals surface area contributed by atoms with Crippen LogP contribution in [0.25, 0.3) is 0 Å². The van der Waals surface area contributed by atoms with Gasteiger partial charge in [0.1, 0.15) is 4.21 Å². The van der Waals surface area contributed by atoms with Gasteiger partial charge in [-0.1, -0.05) is 6.07 Å². The summed E-state index contributed by atoms with van der Waals surface area (Å²) < 4.78 is 27.2. The van der Waals surface area contributed by atoms with Gasteiger partial charge in [0.05, 0.1) is 0 Å². The predicted octanol–water partition coefficient (Wildman–Crippen LogP) is 3.59. The van der Waals surface area contributed by atoms with Gasteiger partial charge >= 0.3 is 0 Å². The fourth-order valence-corrected chi connectivity index (χ4v) is 5.11. The van der Waals surface area contributed by atoms with Gasteiger partial charge in [-0.2, -0.15) is 0 Å². The van der Waals surface area contributed by atoms with E-state index in [0.29, 0.717) is 9.90 Å². The molecule has 0 saturated heterocycles. The summed E-state index contributed by atoms with van der Waals surface area (Å²) in [5.74, 6) is 1.15. The van der Waals surface area contributed by atoms with Crippen LogP contribution in [-0.2, 0) is 16.4 Å². The van der Waals surface area contributed by atoms with Crippen molar-refractivity contribution in [3.8, 4) is 0 Å². The van der Waals surface area contributed by atoms with Crippen LogP contribution in [0, 0.1) is 0 Å². The second kappa shape index (κ2) is 5.19. The fourth-order valence-electron chi connectivity index (χ4n) is 2.05. The highest BCUT2D eigenvalue weighted by atomic mass is 32.2. The van der Waals surface area contributed by atoms with Gasteiger partial charge in [-0.3, -0.25) is 4.72 Å². The van der Waals surface area contributed by atoms with Gasteiger partial charge in [0.2, 0.25) is 0 Å². The van der Waals surface area contributed by atoms with E-state index in [-0.39, 0.29) is 0 Å². The number of thioether (sulfide) groups is 1. The molecule has 0 saturated carbocycles. The molecule has 0 atom stereocenters. The molecule has 3 nitrogen and oxygen atoms in total. The lowest BCUT2D eigenvalue weighted by Gasteiger charge is -2.16. The quantitative estimate of drug-likeness (QED) is 0.942. The molecule has 2 aromatic rings. The van der Waals surface area contributed by atoms with Gasteiger partial charge in [0.15, 0.2) is 0 Å². The zero-order chi connectivity index (χ0) is 13.3. The Morgan fingerprint density at radius 3 is 2.89 bits per heavy atom. The van der Waals surface area contributed by atoms with Gasteiger partial charge in [-0.05, 0) is 53.8 Å². The molecule has 1 aromatic heterocycles. The van der Waals surface area contributed by atoms with E-state index in [9.17, 15) is 8.42 Å². The van der Waals surface area contributed by atoms with E-state index >= 15 is 0 Å². The second-order valence-electron chi connectivity index (χ2n) is 4.31. The average Bonchev–Trinajstić information content (AvgIpc) is 2.93. The molecule has 0 fully saturated rings. The normalized spacial score (nSPS) is 14.9. The van der Waals surface area contributed by atoms with E-state index in [2.05, 4.69) is 4.72 Å². The molecule has 1 aromatic carbocycles. The summed E-state index contributed by atoms with van der Waals surface area (Å²) in [6.45, 7) is 0. The Bertz CT molecular complexity index is 678. The first-order valence-corrected chi connectivity index (χ1v) is 9.32. The lowest BCUT2D eigenvalue weighted by atomic mass is 10.1. The minimum absolute atomic E-state index is 0.347. The second-order valence-corrected chi connectivity index (χ2v) is 8.31. The van der Waals surface area contributed by atoms with Crippen LogP contribution >= 0.6 is 23.1 Å². The fraction of sp³-hybridized carbons (Fsp3) is 0.231. The smallest absolute Gasteiger partial charge is 0.271 e. The molecule has 100 valence electrons. The van der Waals surface area contributed by atoms with E-state index in [0.717, 1.165) is 18.6 Å². The van der Waals surface area contributed by atoms with E-state index in [1.165, 1.54) is 21.8 Å². The standard InChI is InChI=1S/C13H13NO2S3/c15-19(16,13-4-2-8-18-13)14-11-5-6-12-10(9-11)3-1-7-17-12/h2,4-6,8-9,14H,1,3,7H2. The molecular formula is C13H13NO2S3. The third-order valence-electron chi connectivity index (χ3n) is 2.92. The summed E-state index contributed by atoms with van der Waals surface area (Å²) in [6.07, 6.45) is 2.18. The Morgan fingerprint density at radius 2 is 2.11 bits per heavy atom. The maximum absolute atomic E-state index is 12.1. The number of fused-ring (bicyclic) bond motifs is 1. The molecule has 1 aliphatic heterocycles.